The Balaban J connectivity index is 1.87. The van der Waals surface area contributed by atoms with Gasteiger partial charge >= 0.3 is 0 Å². The molecule has 0 bridgehead atoms. The predicted molar refractivity (Wildman–Crippen MR) is 77.8 cm³/mol. The van der Waals surface area contributed by atoms with Crippen molar-refractivity contribution in [3.8, 4) is 5.75 Å². The molecule has 1 heterocycles. The van der Waals surface area contributed by atoms with Crippen LogP contribution in [0, 0.1) is 0 Å². The summed E-state index contributed by atoms with van der Waals surface area (Å²) >= 11 is 0. The van der Waals surface area contributed by atoms with E-state index < -0.39 is 6.10 Å². The van der Waals surface area contributed by atoms with Gasteiger partial charge in [-0.05, 0) is 48.6 Å². The first-order valence-electron chi connectivity index (χ1n) is 7.16. The van der Waals surface area contributed by atoms with Gasteiger partial charge in [0, 0.05) is 6.20 Å². The summed E-state index contributed by atoms with van der Waals surface area (Å²) in [7, 11) is 0. The molecule has 3 heteroatoms. The number of hydrogen-bond acceptors (Lipinski definition) is 3. The van der Waals surface area contributed by atoms with Crippen molar-refractivity contribution in [2.75, 3.05) is 0 Å². The van der Waals surface area contributed by atoms with Crippen LogP contribution in [0.2, 0.25) is 0 Å². The second-order valence-corrected chi connectivity index (χ2v) is 5.19. The maximum Gasteiger partial charge on any atom is 0.121 e. The molecule has 1 aromatic carbocycles. The van der Waals surface area contributed by atoms with Gasteiger partial charge in [-0.1, -0.05) is 25.1 Å². The van der Waals surface area contributed by atoms with Gasteiger partial charge in [0.2, 0.25) is 0 Å². The van der Waals surface area contributed by atoms with Crippen LogP contribution >= 0.6 is 0 Å². The van der Waals surface area contributed by atoms with Crippen molar-refractivity contribution in [1.29, 1.82) is 0 Å². The topological polar surface area (TPSA) is 42.4 Å². The van der Waals surface area contributed by atoms with Crippen LogP contribution in [-0.4, -0.2) is 16.2 Å². The van der Waals surface area contributed by atoms with Gasteiger partial charge in [0.1, 0.15) is 11.9 Å². The van der Waals surface area contributed by atoms with Crippen LogP contribution in [-0.2, 0) is 6.42 Å². The van der Waals surface area contributed by atoms with Crippen molar-refractivity contribution in [3.63, 3.8) is 0 Å². The molecule has 20 heavy (non-hydrogen) atoms. The fourth-order valence-corrected chi connectivity index (χ4v) is 2.29. The Bertz CT molecular complexity index is 593. The minimum Gasteiger partial charge on any atom is -0.490 e. The van der Waals surface area contributed by atoms with Gasteiger partial charge in [-0.2, -0.15) is 0 Å². The Morgan fingerprint density at radius 2 is 2.15 bits per heavy atom. The van der Waals surface area contributed by atoms with Gasteiger partial charge in [-0.15, -0.1) is 0 Å². The summed E-state index contributed by atoms with van der Waals surface area (Å²) in [5.41, 5.74) is 2.64. The molecule has 1 unspecified atom stereocenters. The van der Waals surface area contributed by atoms with E-state index in [2.05, 4.69) is 11.9 Å². The zero-order chi connectivity index (χ0) is 13.9. The Morgan fingerprint density at radius 3 is 2.90 bits per heavy atom. The van der Waals surface area contributed by atoms with E-state index in [1.807, 2.05) is 36.4 Å². The minimum absolute atomic E-state index is 0.364. The zero-order valence-corrected chi connectivity index (χ0v) is 11.6. The first kappa shape index (κ1) is 13.1. The molecule has 1 atom stereocenters. The number of aliphatic hydroxyl groups excluding tert-OH is 1. The maximum atomic E-state index is 10.6. The second kappa shape index (κ2) is 5.63. The first-order chi connectivity index (χ1) is 9.78. The van der Waals surface area contributed by atoms with Crippen molar-refractivity contribution in [1.82, 2.24) is 4.98 Å². The maximum absolute atomic E-state index is 10.6. The Morgan fingerprint density at radius 1 is 1.30 bits per heavy atom. The van der Waals surface area contributed by atoms with Crippen molar-refractivity contribution < 1.29 is 9.84 Å². The van der Waals surface area contributed by atoms with E-state index in [-0.39, 0.29) is 0 Å². The number of benzene rings is 1. The molecule has 2 aromatic rings. The number of nitrogens with zero attached hydrogens (tertiary/aromatic N) is 1. The molecule has 0 saturated heterocycles. The summed E-state index contributed by atoms with van der Waals surface area (Å²) < 4.78 is 5.78. The zero-order valence-electron chi connectivity index (χ0n) is 11.6. The van der Waals surface area contributed by atoms with E-state index >= 15 is 0 Å². The molecule has 3 nitrogen and oxygen atoms in total. The average Bonchev–Trinajstić information content (AvgIpc) is 3.30. The largest absolute Gasteiger partial charge is 0.490 e. The van der Waals surface area contributed by atoms with Gasteiger partial charge in [0.05, 0.1) is 11.8 Å². The predicted octanol–water partition coefficient (Wildman–Crippen LogP) is 3.27. The summed E-state index contributed by atoms with van der Waals surface area (Å²) in [6.45, 7) is 2.07. The van der Waals surface area contributed by atoms with E-state index in [0.29, 0.717) is 6.10 Å². The monoisotopic (exact) mass is 269 g/mol. The van der Waals surface area contributed by atoms with Crippen LogP contribution in [0.4, 0.5) is 0 Å². The molecule has 1 fully saturated rings. The van der Waals surface area contributed by atoms with E-state index in [9.17, 15) is 5.11 Å². The molecule has 1 N–H and O–H groups in total. The molecule has 0 amide bonds. The van der Waals surface area contributed by atoms with Crippen LogP contribution in [0.3, 0.4) is 0 Å². The van der Waals surface area contributed by atoms with Crippen molar-refractivity contribution in [3.05, 3.63) is 59.4 Å². The highest BCUT2D eigenvalue weighted by atomic mass is 16.5. The molecule has 0 aliphatic heterocycles. The highest BCUT2D eigenvalue weighted by Gasteiger charge is 2.24. The van der Waals surface area contributed by atoms with E-state index in [0.717, 1.165) is 41.8 Å². The van der Waals surface area contributed by atoms with Crippen LogP contribution in [0.5, 0.6) is 5.75 Å². The molecular weight excluding hydrogens is 250 g/mol. The average molecular weight is 269 g/mol. The summed E-state index contributed by atoms with van der Waals surface area (Å²) in [5.74, 6) is 0.832. The van der Waals surface area contributed by atoms with E-state index in [1.165, 1.54) is 0 Å². The quantitative estimate of drug-likeness (QED) is 0.906. The number of rotatable bonds is 5. The Hall–Kier alpha value is -1.87. The second-order valence-electron chi connectivity index (χ2n) is 5.19. The number of hydrogen-bond donors (Lipinski definition) is 1. The van der Waals surface area contributed by atoms with Gasteiger partial charge in [-0.25, -0.2) is 0 Å². The number of pyridine rings is 1. The molecule has 3 rings (SSSR count). The van der Waals surface area contributed by atoms with E-state index in [4.69, 9.17) is 4.74 Å². The van der Waals surface area contributed by atoms with Gasteiger partial charge in [0.25, 0.3) is 0 Å². The van der Waals surface area contributed by atoms with Crippen LogP contribution in [0.25, 0.3) is 0 Å². The van der Waals surface area contributed by atoms with Crippen molar-refractivity contribution in [2.45, 2.75) is 38.4 Å². The van der Waals surface area contributed by atoms with Gasteiger partial charge < -0.3 is 9.84 Å². The summed E-state index contributed by atoms with van der Waals surface area (Å²) in [6.07, 6.45) is 4.51. The number of aliphatic hydroxyl groups is 1. The summed E-state index contributed by atoms with van der Waals surface area (Å²) in [4.78, 5) is 4.34. The minimum atomic E-state index is -0.700. The third-order valence-electron chi connectivity index (χ3n) is 3.57. The summed E-state index contributed by atoms with van der Waals surface area (Å²) in [5, 5.41) is 10.6. The molecule has 1 aromatic heterocycles. The standard InChI is InChI=1S/C17H19NO2/c1-2-12-6-4-10-18-16(12)17(19)13-5-3-7-15(11-13)20-14-8-9-14/h3-7,10-11,14,17,19H,2,8-9H2,1H3. The molecule has 0 radical (unpaired) electrons. The first-order valence-corrected chi connectivity index (χ1v) is 7.16. The van der Waals surface area contributed by atoms with Crippen molar-refractivity contribution >= 4 is 0 Å². The third kappa shape index (κ3) is 2.83. The molecule has 1 aliphatic rings. The number of aryl methyl sites for hydroxylation is 1. The van der Waals surface area contributed by atoms with E-state index in [1.54, 1.807) is 6.20 Å². The lowest BCUT2D eigenvalue weighted by molar-refractivity contribution is 0.213. The van der Waals surface area contributed by atoms with Gasteiger partial charge in [-0.3, -0.25) is 4.98 Å². The van der Waals surface area contributed by atoms with Crippen LogP contribution in [0.1, 0.15) is 42.7 Å². The molecule has 1 saturated carbocycles. The fourth-order valence-electron chi connectivity index (χ4n) is 2.29. The summed E-state index contributed by atoms with van der Waals surface area (Å²) in [6, 6.07) is 11.6. The van der Waals surface area contributed by atoms with Gasteiger partial charge in [0.15, 0.2) is 0 Å². The third-order valence-corrected chi connectivity index (χ3v) is 3.57. The van der Waals surface area contributed by atoms with Crippen LogP contribution < -0.4 is 4.74 Å². The highest BCUT2D eigenvalue weighted by molar-refractivity contribution is 5.36. The number of aromatic nitrogens is 1. The fraction of sp³-hybridized carbons (Fsp3) is 0.353. The normalized spacial score (nSPS) is 15.9. The lowest BCUT2D eigenvalue weighted by atomic mass is 10.0. The number of ether oxygens (including phenoxy) is 1. The lowest BCUT2D eigenvalue weighted by Gasteiger charge is -2.15. The smallest absolute Gasteiger partial charge is 0.121 e. The SMILES string of the molecule is CCc1cccnc1C(O)c1cccc(OC2CC2)c1. The molecule has 1 aliphatic carbocycles. The molecule has 0 spiro atoms. The Labute approximate surface area is 119 Å². The highest BCUT2D eigenvalue weighted by Crippen LogP contribution is 2.30. The molecular formula is C17H19NO2. The lowest BCUT2D eigenvalue weighted by Crippen LogP contribution is -2.06. The molecule has 104 valence electrons. The van der Waals surface area contributed by atoms with Crippen molar-refractivity contribution in [2.24, 2.45) is 0 Å². The van der Waals surface area contributed by atoms with Crippen LogP contribution in [0.15, 0.2) is 42.6 Å². The Kier molecular flexibility index (Phi) is 3.70.